The third-order valence-corrected chi connectivity index (χ3v) is 1.96. The van der Waals surface area contributed by atoms with E-state index in [1.807, 2.05) is 0 Å². The number of amides is 2. The molecule has 1 aliphatic rings. The van der Waals surface area contributed by atoms with E-state index in [2.05, 4.69) is 5.32 Å². The second-order valence-corrected chi connectivity index (χ2v) is 3.18. The van der Waals surface area contributed by atoms with Crippen molar-refractivity contribution in [2.45, 2.75) is 39.1 Å². The van der Waals surface area contributed by atoms with Gasteiger partial charge in [-0.3, -0.25) is 19.8 Å². The van der Waals surface area contributed by atoms with Crippen molar-refractivity contribution in [3.8, 4) is 0 Å². The number of aliphatic hydroxyl groups excluding tert-OH is 1. The minimum atomic E-state index is -0.726. The Bertz CT molecular complexity index is 211. The zero-order valence-electron chi connectivity index (χ0n) is 7.78. The molecule has 74 valence electrons. The van der Waals surface area contributed by atoms with Crippen molar-refractivity contribution in [2.75, 3.05) is 0 Å². The summed E-state index contributed by atoms with van der Waals surface area (Å²) in [5.41, 5.74) is 0. The number of carbonyl (C=O) groups is 2. The monoisotopic (exact) mass is 186 g/mol. The van der Waals surface area contributed by atoms with Gasteiger partial charge in [0.05, 0.1) is 6.17 Å². The van der Waals surface area contributed by atoms with Crippen LogP contribution in [0, 0.1) is 0 Å². The molecule has 2 unspecified atom stereocenters. The highest BCUT2D eigenvalue weighted by Crippen LogP contribution is 2.13. The Morgan fingerprint density at radius 2 is 1.77 bits per heavy atom. The fourth-order valence-corrected chi connectivity index (χ4v) is 1.45. The fourth-order valence-electron chi connectivity index (χ4n) is 1.45. The molecular formula is C8H14N2O3. The first kappa shape index (κ1) is 10.1. The van der Waals surface area contributed by atoms with E-state index in [0.717, 1.165) is 4.90 Å². The Balaban J connectivity index is 2.59. The molecule has 2 amide bonds. The third-order valence-electron chi connectivity index (χ3n) is 1.96. The molecule has 0 aromatic carbocycles. The maximum atomic E-state index is 11.2. The molecule has 0 aliphatic carbocycles. The molecule has 1 aliphatic heterocycles. The number of imide groups is 1. The summed E-state index contributed by atoms with van der Waals surface area (Å²) in [7, 11) is 0. The van der Waals surface area contributed by atoms with Crippen molar-refractivity contribution in [2.24, 2.45) is 0 Å². The molecule has 1 saturated heterocycles. The number of hydrogen-bond acceptors (Lipinski definition) is 4. The Morgan fingerprint density at radius 1 is 1.31 bits per heavy atom. The van der Waals surface area contributed by atoms with Crippen LogP contribution in [0.4, 0.5) is 0 Å². The van der Waals surface area contributed by atoms with E-state index >= 15 is 0 Å². The molecule has 1 rings (SSSR count). The molecule has 5 heteroatoms. The maximum Gasteiger partial charge on any atom is 0.231 e. The normalized spacial score (nSPS) is 22.2. The molecule has 5 nitrogen and oxygen atoms in total. The molecule has 0 radical (unpaired) electrons. The number of nitrogens with one attached hydrogen (secondary N) is 1. The Labute approximate surface area is 76.7 Å². The minimum absolute atomic E-state index is 0.175. The third kappa shape index (κ3) is 2.26. The maximum absolute atomic E-state index is 11.2. The molecule has 0 spiro atoms. The fraction of sp³-hybridized carbons (Fsp3) is 0.750. The topological polar surface area (TPSA) is 69.6 Å². The van der Waals surface area contributed by atoms with Gasteiger partial charge in [0.15, 0.2) is 0 Å². The van der Waals surface area contributed by atoms with Crippen molar-refractivity contribution in [3.05, 3.63) is 0 Å². The quantitative estimate of drug-likeness (QED) is 0.456. The van der Waals surface area contributed by atoms with Gasteiger partial charge in [-0.2, -0.15) is 0 Å². The molecule has 0 aromatic heterocycles. The molecule has 2 N–H and O–H groups in total. The average Bonchev–Trinajstić information content (AvgIpc) is 2.29. The second kappa shape index (κ2) is 3.85. The van der Waals surface area contributed by atoms with E-state index in [9.17, 15) is 9.59 Å². The lowest BCUT2D eigenvalue weighted by Crippen LogP contribution is -2.49. The van der Waals surface area contributed by atoms with Crippen LogP contribution in [0.5, 0.6) is 0 Å². The van der Waals surface area contributed by atoms with Gasteiger partial charge in [-0.1, -0.05) is 0 Å². The van der Waals surface area contributed by atoms with Crippen molar-refractivity contribution in [3.63, 3.8) is 0 Å². The van der Waals surface area contributed by atoms with Gasteiger partial charge in [0.2, 0.25) is 11.8 Å². The first-order chi connectivity index (χ1) is 6.02. The molecule has 0 bridgehead atoms. The first-order valence-corrected chi connectivity index (χ1v) is 4.31. The lowest BCUT2D eigenvalue weighted by atomic mass is 10.4. The van der Waals surface area contributed by atoms with Crippen LogP contribution in [-0.2, 0) is 9.59 Å². The van der Waals surface area contributed by atoms with Gasteiger partial charge in [0, 0.05) is 12.8 Å². The van der Waals surface area contributed by atoms with Crippen LogP contribution >= 0.6 is 0 Å². The largest absolute Gasteiger partial charge is 0.379 e. The zero-order valence-corrected chi connectivity index (χ0v) is 7.78. The predicted octanol–water partition coefficient (Wildman–Crippen LogP) is -0.591. The highest BCUT2D eigenvalue weighted by atomic mass is 16.3. The number of rotatable bonds is 3. The van der Waals surface area contributed by atoms with Gasteiger partial charge >= 0.3 is 0 Å². The van der Waals surface area contributed by atoms with E-state index in [0.29, 0.717) is 0 Å². The summed E-state index contributed by atoms with van der Waals surface area (Å²) < 4.78 is 0. The molecule has 2 atom stereocenters. The predicted molar refractivity (Wildman–Crippen MR) is 45.4 cm³/mol. The number of hydrogen-bond donors (Lipinski definition) is 2. The van der Waals surface area contributed by atoms with Crippen molar-refractivity contribution < 1.29 is 14.7 Å². The number of carbonyl (C=O) groups excluding carboxylic acids is 2. The van der Waals surface area contributed by atoms with Gasteiger partial charge in [-0.05, 0) is 13.8 Å². The summed E-state index contributed by atoms with van der Waals surface area (Å²) in [4.78, 5) is 23.5. The first-order valence-electron chi connectivity index (χ1n) is 4.31. The van der Waals surface area contributed by atoms with Crippen LogP contribution in [0.25, 0.3) is 0 Å². The second-order valence-electron chi connectivity index (χ2n) is 3.18. The molecule has 0 aromatic rings. The smallest absolute Gasteiger partial charge is 0.231 e. The van der Waals surface area contributed by atoms with Gasteiger partial charge in [0.25, 0.3) is 0 Å². The molecule has 13 heavy (non-hydrogen) atoms. The summed E-state index contributed by atoms with van der Waals surface area (Å²) in [6.45, 7) is 3.22. The van der Waals surface area contributed by atoms with Gasteiger partial charge in [-0.15, -0.1) is 0 Å². The van der Waals surface area contributed by atoms with E-state index in [1.165, 1.54) is 0 Å². The molecular weight excluding hydrogens is 172 g/mol. The summed E-state index contributed by atoms with van der Waals surface area (Å²) >= 11 is 0. The highest BCUT2D eigenvalue weighted by molar-refractivity contribution is 6.02. The number of likely N-dealkylation sites (tertiary alicyclic amines) is 1. The molecule has 1 heterocycles. The summed E-state index contributed by atoms with van der Waals surface area (Å²) in [5, 5.41) is 11.7. The minimum Gasteiger partial charge on any atom is -0.379 e. The Hall–Kier alpha value is -0.940. The summed E-state index contributed by atoms with van der Waals surface area (Å²) in [6.07, 6.45) is -0.589. The standard InChI is InChI=1S/C8H14N2O3/c1-5(9-6(2)11)10-7(12)3-4-8(10)13/h5-6,9,11H,3-4H2,1-2H3. The van der Waals surface area contributed by atoms with Crippen LogP contribution in [0.3, 0.4) is 0 Å². The van der Waals surface area contributed by atoms with Gasteiger partial charge in [0.1, 0.15) is 6.23 Å². The average molecular weight is 186 g/mol. The Morgan fingerprint density at radius 3 is 2.15 bits per heavy atom. The van der Waals surface area contributed by atoms with Crippen LogP contribution in [0.15, 0.2) is 0 Å². The van der Waals surface area contributed by atoms with E-state index in [-0.39, 0.29) is 24.7 Å². The van der Waals surface area contributed by atoms with Gasteiger partial charge < -0.3 is 5.11 Å². The van der Waals surface area contributed by atoms with Gasteiger partial charge in [-0.25, -0.2) is 0 Å². The van der Waals surface area contributed by atoms with Crippen molar-refractivity contribution in [1.82, 2.24) is 10.2 Å². The van der Waals surface area contributed by atoms with E-state index in [1.54, 1.807) is 13.8 Å². The lowest BCUT2D eigenvalue weighted by Gasteiger charge is -2.24. The number of aliphatic hydroxyl groups is 1. The number of nitrogens with zero attached hydrogens (tertiary/aromatic N) is 1. The van der Waals surface area contributed by atoms with E-state index < -0.39 is 12.4 Å². The van der Waals surface area contributed by atoms with Crippen LogP contribution < -0.4 is 5.32 Å². The zero-order chi connectivity index (χ0) is 10.0. The lowest BCUT2D eigenvalue weighted by molar-refractivity contribution is -0.142. The van der Waals surface area contributed by atoms with Crippen LogP contribution in [-0.4, -0.2) is 34.2 Å². The SMILES string of the molecule is CC(O)NC(C)N1C(=O)CCC1=O. The Kier molecular flexibility index (Phi) is 3.00. The van der Waals surface area contributed by atoms with Crippen molar-refractivity contribution in [1.29, 1.82) is 0 Å². The van der Waals surface area contributed by atoms with Crippen molar-refractivity contribution >= 4 is 11.8 Å². The summed E-state index contributed by atoms with van der Waals surface area (Å²) in [6, 6.07) is 0. The van der Waals surface area contributed by atoms with E-state index in [4.69, 9.17) is 5.11 Å². The highest BCUT2D eigenvalue weighted by Gasteiger charge is 2.32. The molecule has 0 saturated carbocycles. The van der Waals surface area contributed by atoms with Crippen LogP contribution in [0.1, 0.15) is 26.7 Å². The van der Waals surface area contributed by atoms with Crippen LogP contribution in [0.2, 0.25) is 0 Å². The summed E-state index contributed by atoms with van der Waals surface area (Å²) in [5.74, 6) is -0.351. The molecule has 1 fully saturated rings.